The van der Waals surface area contributed by atoms with Gasteiger partial charge in [-0.3, -0.25) is 4.79 Å². The summed E-state index contributed by atoms with van der Waals surface area (Å²) in [6.07, 6.45) is 1.61. The van der Waals surface area contributed by atoms with Gasteiger partial charge in [0.1, 0.15) is 4.88 Å². The Bertz CT molecular complexity index is 513. The van der Waals surface area contributed by atoms with E-state index in [1.807, 2.05) is 11.4 Å². The van der Waals surface area contributed by atoms with E-state index in [0.29, 0.717) is 18.0 Å². The molecule has 0 saturated carbocycles. The Balaban J connectivity index is 2.10. The van der Waals surface area contributed by atoms with Crippen LogP contribution < -0.4 is 0 Å². The molecule has 0 saturated heterocycles. The van der Waals surface area contributed by atoms with Crippen LogP contribution in [0.3, 0.4) is 0 Å². The van der Waals surface area contributed by atoms with E-state index in [1.165, 1.54) is 11.5 Å². The summed E-state index contributed by atoms with van der Waals surface area (Å²) in [5.41, 5.74) is 0. The molecule has 2 aromatic rings. The van der Waals surface area contributed by atoms with Gasteiger partial charge >= 0.3 is 0 Å². The van der Waals surface area contributed by atoms with Crippen LogP contribution in [0.5, 0.6) is 0 Å². The number of rotatable bonds is 5. The molecule has 0 radical (unpaired) electrons. The maximum absolute atomic E-state index is 12.2. The number of aliphatic hydroxyl groups is 1. The molecule has 0 unspecified atom stereocenters. The number of hydrogen-bond acceptors (Lipinski definition) is 5. The van der Waals surface area contributed by atoms with Crippen molar-refractivity contribution < 1.29 is 9.90 Å². The van der Waals surface area contributed by atoms with E-state index < -0.39 is 0 Å². The van der Waals surface area contributed by atoms with Crippen molar-refractivity contribution in [2.75, 3.05) is 13.2 Å². The minimum atomic E-state index is -0.0870. The highest BCUT2D eigenvalue weighted by Crippen LogP contribution is 2.22. The van der Waals surface area contributed by atoms with Crippen LogP contribution in [0.1, 0.15) is 14.5 Å². The third-order valence-electron chi connectivity index (χ3n) is 2.27. The molecule has 0 fully saturated rings. The van der Waals surface area contributed by atoms with E-state index in [0.717, 1.165) is 9.35 Å². The van der Waals surface area contributed by atoms with Gasteiger partial charge in [0, 0.05) is 27.5 Å². The molecule has 18 heavy (non-hydrogen) atoms. The van der Waals surface area contributed by atoms with Gasteiger partial charge in [-0.15, -0.1) is 11.3 Å². The molecule has 7 heteroatoms. The highest BCUT2D eigenvalue weighted by Gasteiger charge is 2.17. The van der Waals surface area contributed by atoms with Crippen molar-refractivity contribution in [1.82, 2.24) is 9.27 Å². The SMILES string of the molecule is O=C(c1ccns1)N(CCO)Cc1cc(Br)cs1. The van der Waals surface area contributed by atoms with E-state index in [9.17, 15) is 4.79 Å². The Hall–Kier alpha value is -0.760. The molecule has 0 spiro atoms. The van der Waals surface area contributed by atoms with Crippen molar-refractivity contribution in [3.8, 4) is 0 Å². The number of nitrogens with zero attached hydrogens (tertiary/aromatic N) is 2. The molecule has 2 aromatic heterocycles. The number of carbonyl (C=O) groups is 1. The highest BCUT2D eigenvalue weighted by atomic mass is 79.9. The fraction of sp³-hybridized carbons (Fsp3) is 0.273. The molecule has 2 heterocycles. The molecule has 0 atom stereocenters. The topological polar surface area (TPSA) is 53.4 Å². The van der Waals surface area contributed by atoms with Gasteiger partial charge in [0.25, 0.3) is 5.91 Å². The second-order valence-electron chi connectivity index (χ2n) is 3.56. The lowest BCUT2D eigenvalue weighted by molar-refractivity contribution is 0.0714. The molecule has 0 aromatic carbocycles. The van der Waals surface area contributed by atoms with Crippen LogP contribution in [0.25, 0.3) is 0 Å². The van der Waals surface area contributed by atoms with Gasteiger partial charge in [-0.1, -0.05) is 0 Å². The van der Waals surface area contributed by atoms with Gasteiger partial charge in [-0.25, -0.2) is 4.37 Å². The van der Waals surface area contributed by atoms with Gasteiger partial charge in [-0.2, -0.15) is 0 Å². The molecular weight excluding hydrogens is 336 g/mol. The lowest BCUT2D eigenvalue weighted by atomic mass is 10.3. The lowest BCUT2D eigenvalue weighted by Crippen LogP contribution is -2.32. The van der Waals surface area contributed by atoms with Gasteiger partial charge in [-0.05, 0) is 39.6 Å². The van der Waals surface area contributed by atoms with Crippen molar-refractivity contribution in [2.45, 2.75) is 6.54 Å². The lowest BCUT2D eigenvalue weighted by Gasteiger charge is -2.19. The summed E-state index contributed by atoms with van der Waals surface area (Å²) in [6, 6.07) is 3.68. The first kappa shape index (κ1) is 13.7. The quantitative estimate of drug-likeness (QED) is 0.905. The Kier molecular flexibility index (Phi) is 4.87. The van der Waals surface area contributed by atoms with E-state index in [-0.39, 0.29) is 12.5 Å². The molecule has 2 rings (SSSR count). The van der Waals surface area contributed by atoms with E-state index >= 15 is 0 Å². The average Bonchev–Trinajstić information content (AvgIpc) is 2.99. The first-order valence-corrected chi connectivity index (χ1v) is 7.69. The zero-order valence-corrected chi connectivity index (χ0v) is 12.6. The normalized spacial score (nSPS) is 10.6. The first-order valence-electron chi connectivity index (χ1n) is 5.24. The summed E-state index contributed by atoms with van der Waals surface area (Å²) >= 11 is 6.14. The van der Waals surface area contributed by atoms with Crippen LogP contribution in [0, 0.1) is 0 Å². The van der Waals surface area contributed by atoms with Crippen molar-refractivity contribution >= 4 is 44.7 Å². The fourth-order valence-electron chi connectivity index (χ4n) is 1.48. The van der Waals surface area contributed by atoms with Crippen LogP contribution in [0.15, 0.2) is 28.2 Å². The number of hydrogen-bond donors (Lipinski definition) is 1. The molecule has 4 nitrogen and oxygen atoms in total. The molecule has 0 aliphatic rings. The maximum Gasteiger partial charge on any atom is 0.265 e. The Labute approximate surface area is 121 Å². The number of halogens is 1. The molecule has 0 aliphatic heterocycles. The van der Waals surface area contributed by atoms with Crippen molar-refractivity contribution in [2.24, 2.45) is 0 Å². The maximum atomic E-state index is 12.2. The first-order chi connectivity index (χ1) is 8.70. The fourth-order valence-corrected chi connectivity index (χ4v) is 3.51. The summed E-state index contributed by atoms with van der Waals surface area (Å²) in [5, 5.41) is 11.0. The molecule has 1 amide bonds. The van der Waals surface area contributed by atoms with Crippen molar-refractivity contribution in [3.63, 3.8) is 0 Å². The third-order valence-corrected chi connectivity index (χ3v) is 4.69. The van der Waals surface area contributed by atoms with Crippen LogP contribution in [0.2, 0.25) is 0 Å². The van der Waals surface area contributed by atoms with Crippen molar-refractivity contribution in [1.29, 1.82) is 0 Å². The monoisotopic (exact) mass is 346 g/mol. The summed E-state index contributed by atoms with van der Waals surface area (Å²) in [6.45, 7) is 0.789. The standard InChI is InChI=1S/C11H11BrN2O2S2/c12-8-5-9(17-7-8)6-14(3-4-15)11(16)10-1-2-13-18-10/h1-2,5,7,15H,3-4,6H2. The Morgan fingerprint density at radius 1 is 1.56 bits per heavy atom. The predicted octanol–water partition coefficient (Wildman–Crippen LogP) is 2.60. The van der Waals surface area contributed by atoms with Crippen LogP contribution in [-0.2, 0) is 6.54 Å². The summed E-state index contributed by atoms with van der Waals surface area (Å²) in [4.78, 5) is 15.5. The van der Waals surface area contributed by atoms with Crippen molar-refractivity contribution in [3.05, 3.63) is 37.9 Å². The van der Waals surface area contributed by atoms with Crippen LogP contribution >= 0.6 is 38.8 Å². The van der Waals surface area contributed by atoms with Gasteiger partial charge < -0.3 is 10.0 Å². The summed E-state index contributed by atoms with van der Waals surface area (Å²) < 4.78 is 4.93. The number of amides is 1. The summed E-state index contributed by atoms with van der Waals surface area (Å²) in [7, 11) is 0. The summed E-state index contributed by atoms with van der Waals surface area (Å²) in [5.74, 6) is -0.0870. The highest BCUT2D eigenvalue weighted by molar-refractivity contribution is 9.10. The van der Waals surface area contributed by atoms with Crippen LogP contribution in [-0.4, -0.2) is 33.4 Å². The minimum absolute atomic E-state index is 0.0446. The Morgan fingerprint density at radius 3 is 2.94 bits per heavy atom. The number of aliphatic hydroxyl groups excluding tert-OH is 1. The van der Waals surface area contributed by atoms with E-state index in [2.05, 4.69) is 20.3 Å². The molecule has 0 aliphatic carbocycles. The number of thiophene rings is 1. The third kappa shape index (κ3) is 3.38. The zero-order chi connectivity index (χ0) is 13.0. The van der Waals surface area contributed by atoms with Gasteiger partial charge in [0.15, 0.2) is 0 Å². The second-order valence-corrected chi connectivity index (χ2v) is 6.30. The predicted molar refractivity (Wildman–Crippen MR) is 76.0 cm³/mol. The molecule has 0 bridgehead atoms. The van der Waals surface area contributed by atoms with E-state index in [1.54, 1.807) is 28.5 Å². The zero-order valence-electron chi connectivity index (χ0n) is 9.38. The minimum Gasteiger partial charge on any atom is -0.395 e. The van der Waals surface area contributed by atoms with E-state index in [4.69, 9.17) is 5.11 Å². The van der Waals surface area contributed by atoms with Crippen LogP contribution in [0.4, 0.5) is 0 Å². The molecular formula is C11H11BrN2O2S2. The van der Waals surface area contributed by atoms with Gasteiger partial charge in [0.05, 0.1) is 13.2 Å². The second kappa shape index (κ2) is 6.42. The smallest absolute Gasteiger partial charge is 0.265 e. The molecule has 96 valence electrons. The van der Waals surface area contributed by atoms with Gasteiger partial charge in [0.2, 0.25) is 0 Å². The number of carbonyl (C=O) groups excluding carboxylic acids is 1. The number of aromatic nitrogens is 1. The molecule has 1 N–H and O–H groups in total. The largest absolute Gasteiger partial charge is 0.395 e. The Morgan fingerprint density at radius 2 is 2.39 bits per heavy atom. The average molecular weight is 347 g/mol.